The lowest BCUT2D eigenvalue weighted by molar-refractivity contribution is -0.136. The number of piperidine rings is 2. The second kappa shape index (κ2) is 18.3. The lowest BCUT2D eigenvalue weighted by Gasteiger charge is -2.52. The molecular formula is C47H55ClN10O8. The fraction of sp³-hybridized carbons (Fsp3) is 0.489. The third-order valence-electron chi connectivity index (χ3n) is 13.5. The number of nitrogens with zero attached hydrogens (tertiary/aromatic N) is 7. The molecule has 0 bridgehead atoms. The van der Waals surface area contributed by atoms with Crippen LogP contribution in [0.2, 0.25) is 5.02 Å². The standard InChI is InChI=1S/C47H55ClN10O8/c1-25(2)56-37-9-6-29(16-28(37)17-39(46(56)64)65-24-41(60)49-5)51-42-36(48)21-50-47(53-42)54-14-12-32(13-15-54)66-33-18-31(19-33)55-22-26(3)57(27(4)23-55)30-7-8-34-35(20-30)45(63)58(44(34)62)38-10-11-40(59)52-43(38)61/h6-9,16-17,20-21,25-27,31-33,38H,10-15,18-19,22-24H2,1-5H3,(H,49,60)(H,50,51,53)(H,52,59,61)/t26-,27-,31?,33?,38?/m0/s1. The van der Waals surface area contributed by atoms with Gasteiger partial charge in [-0.05, 0) is 102 Å². The molecule has 1 saturated carbocycles. The lowest BCUT2D eigenvalue weighted by atomic mass is 9.86. The molecule has 4 fully saturated rings. The summed E-state index contributed by atoms with van der Waals surface area (Å²) >= 11 is 6.61. The smallest absolute Gasteiger partial charge is 0.293 e. The van der Waals surface area contributed by atoms with Crippen LogP contribution in [0.1, 0.15) is 93.0 Å². The number of aromatic nitrogens is 3. The molecule has 6 heterocycles. The Labute approximate surface area is 386 Å². The average Bonchev–Trinajstić information content (AvgIpc) is 3.52. The van der Waals surface area contributed by atoms with Crippen LogP contribution in [0.3, 0.4) is 0 Å². The van der Waals surface area contributed by atoms with Crippen LogP contribution in [-0.4, -0.2) is 130 Å². The zero-order chi connectivity index (χ0) is 46.6. The van der Waals surface area contributed by atoms with Crippen LogP contribution in [-0.2, 0) is 19.1 Å². The summed E-state index contributed by atoms with van der Waals surface area (Å²) in [6.07, 6.45) is 5.75. The van der Waals surface area contributed by atoms with Crippen molar-refractivity contribution in [3.63, 3.8) is 0 Å². The molecule has 3 saturated heterocycles. The highest BCUT2D eigenvalue weighted by molar-refractivity contribution is 6.33. The van der Waals surface area contributed by atoms with Crippen molar-refractivity contribution >= 4 is 75.2 Å². The molecule has 3 N–H and O–H groups in total. The molecule has 3 atom stereocenters. The molecule has 2 aromatic heterocycles. The molecule has 2 aromatic carbocycles. The summed E-state index contributed by atoms with van der Waals surface area (Å²) in [5, 5.41) is 9.19. The van der Waals surface area contributed by atoms with Gasteiger partial charge in [0, 0.05) is 80.6 Å². The van der Waals surface area contributed by atoms with E-state index in [9.17, 15) is 28.8 Å². The van der Waals surface area contributed by atoms with Gasteiger partial charge in [0.2, 0.25) is 17.8 Å². The molecule has 4 aliphatic heterocycles. The normalized spacial score (nSPS) is 23.9. The van der Waals surface area contributed by atoms with Crippen LogP contribution in [0.4, 0.5) is 23.1 Å². The number of hydrogen-bond acceptors (Lipinski definition) is 14. The van der Waals surface area contributed by atoms with Gasteiger partial charge in [0.25, 0.3) is 23.3 Å². The Hall–Kier alpha value is -6.11. The van der Waals surface area contributed by atoms with E-state index in [1.807, 2.05) is 38.1 Å². The molecule has 4 aromatic rings. The van der Waals surface area contributed by atoms with E-state index < -0.39 is 29.7 Å². The Morgan fingerprint density at radius 2 is 1.65 bits per heavy atom. The topological polar surface area (TPSA) is 201 Å². The minimum atomic E-state index is -0.995. The summed E-state index contributed by atoms with van der Waals surface area (Å²) < 4.78 is 13.9. The minimum absolute atomic E-state index is 0.0788. The Bertz CT molecular complexity index is 2650. The van der Waals surface area contributed by atoms with Gasteiger partial charge in [0.05, 0.1) is 35.0 Å². The van der Waals surface area contributed by atoms with Gasteiger partial charge in [-0.1, -0.05) is 11.6 Å². The number of carbonyl (C=O) groups excluding carboxylic acids is 5. The quantitative estimate of drug-likeness (QED) is 0.169. The number of rotatable bonds is 12. The Kier molecular flexibility index (Phi) is 12.5. The van der Waals surface area contributed by atoms with Gasteiger partial charge in [0.1, 0.15) is 11.1 Å². The first-order valence-corrected chi connectivity index (χ1v) is 23.2. The first-order valence-electron chi connectivity index (χ1n) is 22.8. The number of hydrogen-bond donors (Lipinski definition) is 3. The number of imide groups is 2. The maximum absolute atomic E-state index is 13.5. The highest BCUT2D eigenvalue weighted by Crippen LogP contribution is 2.37. The number of pyridine rings is 1. The van der Waals surface area contributed by atoms with Crippen molar-refractivity contribution in [3.8, 4) is 5.75 Å². The van der Waals surface area contributed by atoms with Crippen LogP contribution in [0.5, 0.6) is 5.75 Å². The van der Waals surface area contributed by atoms with Crippen molar-refractivity contribution in [1.82, 2.24) is 35.0 Å². The fourth-order valence-electron chi connectivity index (χ4n) is 10.2. The number of nitrogens with one attached hydrogen (secondary N) is 3. The first-order chi connectivity index (χ1) is 31.7. The van der Waals surface area contributed by atoms with E-state index in [0.29, 0.717) is 34.1 Å². The molecule has 1 unspecified atom stereocenters. The van der Waals surface area contributed by atoms with E-state index in [2.05, 4.69) is 49.5 Å². The maximum atomic E-state index is 13.5. The summed E-state index contributed by atoms with van der Waals surface area (Å²) in [5.41, 5.74) is 2.55. The van der Waals surface area contributed by atoms with Crippen LogP contribution < -0.4 is 36.0 Å². The van der Waals surface area contributed by atoms with Crippen molar-refractivity contribution in [3.05, 3.63) is 75.2 Å². The van der Waals surface area contributed by atoms with Crippen molar-refractivity contribution in [2.45, 2.75) is 109 Å². The summed E-state index contributed by atoms with van der Waals surface area (Å²) in [6, 6.07) is 12.2. The van der Waals surface area contributed by atoms with E-state index in [-0.39, 0.29) is 72.6 Å². The Morgan fingerprint density at radius 3 is 2.35 bits per heavy atom. The van der Waals surface area contributed by atoms with Crippen molar-refractivity contribution in [2.75, 3.05) is 55.0 Å². The van der Waals surface area contributed by atoms with Crippen LogP contribution in [0.25, 0.3) is 10.9 Å². The molecule has 5 amide bonds. The van der Waals surface area contributed by atoms with Crippen LogP contribution in [0, 0.1) is 0 Å². The average molecular weight is 923 g/mol. The zero-order valence-electron chi connectivity index (χ0n) is 37.7. The molecule has 19 heteroatoms. The predicted molar refractivity (Wildman–Crippen MR) is 248 cm³/mol. The number of carbonyl (C=O) groups is 5. The molecule has 66 heavy (non-hydrogen) atoms. The lowest BCUT2D eigenvalue weighted by Crippen LogP contribution is -2.62. The summed E-state index contributed by atoms with van der Waals surface area (Å²) in [7, 11) is 1.51. The zero-order valence-corrected chi connectivity index (χ0v) is 38.5. The molecule has 0 spiro atoms. The van der Waals surface area contributed by atoms with Crippen molar-refractivity contribution in [1.29, 1.82) is 0 Å². The third-order valence-corrected chi connectivity index (χ3v) is 13.8. The van der Waals surface area contributed by atoms with Crippen LogP contribution in [0.15, 0.2) is 53.5 Å². The van der Waals surface area contributed by atoms with Gasteiger partial charge in [-0.3, -0.25) is 43.9 Å². The van der Waals surface area contributed by atoms with Crippen LogP contribution >= 0.6 is 11.6 Å². The number of piperazine rings is 1. The molecule has 18 nitrogen and oxygen atoms in total. The fourth-order valence-corrected chi connectivity index (χ4v) is 10.3. The predicted octanol–water partition coefficient (Wildman–Crippen LogP) is 4.41. The highest BCUT2D eigenvalue weighted by Gasteiger charge is 2.46. The summed E-state index contributed by atoms with van der Waals surface area (Å²) in [4.78, 5) is 93.6. The summed E-state index contributed by atoms with van der Waals surface area (Å²) in [6.45, 7) is 11.1. The minimum Gasteiger partial charge on any atom is -0.478 e. The first kappa shape index (κ1) is 45.1. The van der Waals surface area contributed by atoms with E-state index in [4.69, 9.17) is 26.1 Å². The second-order valence-corrected chi connectivity index (χ2v) is 18.7. The third kappa shape index (κ3) is 8.68. The molecule has 5 aliphatic rings. The SMILES string of the molecule is CNC(=O)COc1cc2cc(Nc3nc(N4CCC(OC5CC(N6C[C@H](C)N(c7ccc8c(c7)C(=O)N(C7CCC(=O)NC7=O)C8=O)[C@@H](C)C6)C5)CC4)ncc3Cl)ccc2n(C(C)C)c1=O. The number of benzene rings is 2. The molecular weight excluding hydrogens is 868 g/mol. The van der Waals surface area contributed by atoms with Gasteiger partial charge < -0.3 is 34.5 Å². The van der Waals surface area contributed by atoms with E-state index in [1.54, 1.807) is 29.0 Å². The van der Waals surface area contributed by atoms with Gasteiger partial charge in [-0.25, -0.2) is 4.98 Å². The number of amides is 5. The monoisotopic (exact) mass is 922 g/mol. The number of ether oxygens (including phenoxy) is 2. The van der Waals surface area contributed by atoms with Gasteiger partial charge in [-0.2, -0.15) is 4.98 Å². The molecule has 1 aliphatic carbocycles. The highest BCUT2D eigenvalue weighted by atomic mass is 35.5. The van der Waals surface area contributed by atoms with E-state index in [0.717, 1.165) is 73.4 Å². The van der Waals surface area contributed by atoms with Crippen molar-refractivity contribution in [2.24, 2.45) is 0 Å². The van der Waals surface area contributed by atoms with Gasteiger partial charge in [0.15, 0.2) is 18.2 Å². The maximum Gasteiger partial charge on any atom is 0.293 e. The number of halogens is 1. The Balaban J connectivity index is 0.765. The van der Waals surface area contributed by atoms with Gasteiger partial charge >= 0.3 is 0 Å². The number of anilines is 4. The molecule has 348 valence electrons. The molecule has 0 radical (unpaired) electrons. The number of fused-ring (bicyclic) bond motifs is 2. The largest absolute Gasteiger partial charge is 0.478 e. The Morgan fingerprint density at radius 1 is 0.924 bits per heavy atom. The summed E-state index contributed by atoms with van der Waals surface area (Å²) in [5.74, 6) is -1.25. The van der Waals surface area contributed by atoms with E-state index >= 15 is 0 Å². The second-order valence-electron chi connectivity index (χ2n) is 18.3. The van der Waals surface area contributed by atoms with E-state index in [1.165, 1.54) is 7.05 Å². The van der Waals surface area contributed by atoms with Gasteiger partial charge in [-0.15, -0.1) is 0 Å². The number of likely N-dealkylation sites (N-methyl/N-ethyl adjacent to an activating group) is 1. The molecule has 9 rings (SSSR count). The van der Waals surface area contributed by atoms with Crippen molar-refractivity contribution < 1.29 is 33.4 Å².